The summed E-state index contributed by atoms with van der Waals surface area (Å²) < 4.78 is 5.50. The second kappa shape index (κ2) is 3.11. The van der Waals surface area contributed by atoms with Gasteiger partial charge >= 0.3 is 0 Å². The molecule has 0 radical (unpaired) electrons. The number of benzene rings is 1. The highest BCUT2D eigenvalue weighted by Crippen LogP contribution is 2.40. The SMILES string of the molecule is CSCC1(c2ccccc2)CO1. The summed E-state index contributed by atoms with van der Waals surface area (Å²) >= 11 is 1.84. The van der Waals surface area contributed by atoms with Crippen molar-refractivity contribution in [3.05, 3.63) is 35.9 Å². The Morgan fingerprint density at radius 2 is 2.08 bits per heavy atom. The van der Waals surface area contributed by atoms with Gasteiger partial charge in [0.15, 0.2) is 0 Å². The van der Waals surface area contributed by atoms with Crippen LogP contribution in [0.25, 0.3) is 0 Å². The average molecular weight is 180 g/mol. The van der Waals surface area contributed by atoms with E-state index in [1.54, 1.807) is 0 Å². The van der Waals surface area contributed by atoms with Crippen LogP contribution in [0.1, 0.15) is 5.56 Å². The van der Waals surface area contributed by atoms with Gasteiger partial charge in [-0.1, -0.05) is 30.3 Å². The molecule has 0 bridgehead atoms. The van der Waals surface area contributed by atoms with Crippen molar-refractivity contribution in [1.29, 1.82) is 0 Å². The van der Waals surface area contributed by atoms with E-state index in [9.17, 15) is 0 Å². The van der Waals surface area contributed by atoms with Crippen LogP contribution in [0, 0.1) is 0 Å². The normalized spacial score (nSPS) is 27.1. The summed E-state index contributed by atoms with van der Waals surface area (Å²) in [5.41, 5.74) is 1.38. The fourth-order valence-electron chi connectivity index (χ4n) is 1.40. The van der Waals surface area contributed by atoms with Crippen LogP contribution in [-0.2, 0) is 10.3 Å². The van der Waals surface area contributed by atoms with Crippen molar-refractivity contribution in [2.45, 2.75) is 5.60 Å². The highest BCUT2D eigenvalue weighted by Gasteiger charge is 2.45. The van der Waals surface area contributed by atoms with Crippen molar-refractivity contribution in [3.63, 3.8) is 0 Å². The van der Waals surface area contributed by atoms with Crippen LogP contribution < -0.4 is 0 Å². The van der Waals surface area contributed by atoms with Crippen LogP contribution in [0.3, 0.4) is 0 Å². The van der Waals surface area contributed by atoms with Gasteiger partial charge < -0.3 is 4.74 Å². The van der Waals surface area contributed by atoms with Gasteiger partial charge in [0.1, 0.15) is 5.60 Å². The first-order valence-electron chi connectivity index (χ1n) is 4.06. The van der Waals surface area contributed by atoms with Gasteiger partial charge in [-0.3, -0.25) is 0 Å². The zero-order chi connectivity index (χ0) is 8.44. The molecule has 0 aliphatic carbocycles. The molecular formula is C10H12OS. The van der Waals surface area contributed by atoms with Crippen LogP contribution in [0.2, 0.25) is 0 Å². The van der Waals surface area contributed by atoms with Gasteiger partial charge in [0.05, 0.1) is 6.61 Å². The van der Waals surface area contributed by atoms with E-state index in [-0.39, 0.29) is 5.60 Å². The first-order valence-corrected chi connectivity index (χ1v) is 5.45. The third-order valence-electron chi connectivity index (χ3n) is 2.17. The Morgan fingerprint density at radius 1 is 1.42 bits per heavy atom. The minimum atomic E-state index is 0.0562. The molecule has 2 heteroatoms. The van der Waals surface area contributed by atoms with E-state index in [1.165, 1.54) is 5.56 Å². The Kier molecular flexibility index (Phi) is 2.11. The number of hydrogen-bond donors (Lipinski definition) is 0. The monoisotopic (exact) mass is 180 g/mol. The second-order valence-corrected chi connectivity index (χ2v) is 3.95. The third kappa shape index (κ3) is 1.37. The summed E-state index contributed by atoms with van der Waals surface area (Å²) in [6.07, 6.45) is 2.12. The highest BCUT2D eigenvalue weighted by molar-refractivity contribution is 7.98. The predicted octanol–water partition coefficient (Wildman–Crippen LogP) is 2.28. The average Bonchev–Trinajstić information content (AvgIpc) is 2.88. The first-order chi connectivity index (χ1) is 5.87. The summed E-state index contributed by atoms with van der Waals surface area (Å²) in [7, 11) is 0. The molecule has 1 heterocycles. The lowest BCUT2D eigenvalue weighted by Crippen LogP contribution is -2.11. The molecule has 2 rings (SSSR count). The number of rotatable bonds is 3. The molecule has 0 N–H and O–H groups in total. The zero-order valence-electron chi connectivity index (χ0n) is 7.12. The lowest BCUT2D eigenvalue weighted by molar-refractivity contribution is 0.334. The van der Waals surface area contributed by atoms with Gasteiger partial charge in [-0.25, -0.2) is 0 Å². The minimum Gasteiger partial charge on any atom is -0.364 e. The third-order valence-corrected chi connectivity index (χ3v) is 2.93. The smallest absolute Gasteiger partial charge is 0.125 e. The number of ether oxygens (including phenoxy) is 1. The Labute approximate surface area is 77.1 Å². The van der Waals surface area contributed by atoms with E-state index in [2.05, 4.69) is 30.5 Å². The van der Waals surface area contributed by atoms with E-state index >= 15 is 0 Å². The summed E-state index contributed by atoms with van der Waals surface area (Å²) in [6, 6.07) is 10.5. The fraction of sp³-hybridized carbons (Fsp3) is 0.400. The lowest BCUT2D eigenvalue weighted by atomic mass is 10.0. The van der Waals surface area contributed by atoms with Gasteiger partial charge in [-0.15, -0.1) is 0 Å². The lowest BCUT2D eigenvalue weighted by Gasteiger charge is -2.09. The second-order valence-electron chi connectivity index (χ2n) is 3.08. The molecule has 1 saturated heterocycles. The van der Waals surface area contributed by atoms with Gasteiger partial charge in [0.2, 0.25) is 0 Å². The molecule has 0 amide bonds. The molecule has 12 heavy (non-hydrogen) atoms. The first kappa shape index (κ1) is 8.14. The topological polar surface area (TPSA) is 12.5 Å². The van der Waals surface area contributed by atoms with E-state index in [0.717, 1.165) is 12.4 Å². The molecule has 1 aromatic rings. The Balaban J connectivity index is 2.19. The van der Waals surface area contributed by atoms with E-state index < -0.39 is 0 Å². The minimum absolute atomic E-state index is 0.0562. The summed E-state index contributed by atoms with van der Waals surface area (Å²) in [4.78, 5) is 0. The van der Waals surface area contributed by atoms with E-state index in [4.69, 9.17) is 4.74 Å². The molecule has 1 nitrogen and oxygen atoms in total. The van der Waals surface area contributed by atoms with Crippen molar-refractivity contribution in [3.8, 4) is 0 Å². The molecule has 0 spiro atoms. The van der Waals surface area contributed by atoms with Crippen molar-refractivity contribution in [1.82, 2.24) is 0 Å². The molecule has 64 valence electrons. The van der Waals surface area contributed by atoms with Crippen LogP contribution >= 0.6 is 11.8 Å². The molecule has 1 unspecified atom stereocenters. The van der Waals surface area contributed by atoms with Crippen molar-refractivity contribution in [2.75, 3.05) is 18.6 Å². The van der Waals surface area contributed by atoms with Crippen LogP contribution in [-0.4, -0.2) is 18.6 Å². The van der Waals surface area contributed by atoms with Crippen molar-refractivity contribution in [2.24, 2.45) is 0 Å². The van der Waals surface area contributed by atoms with Crippen LogP contribution in [0.5, 0.6) is 0 Å². The molecule has 0 aromatic heterocycles. The fourth-order valence-corrected chi connectivity index (χ4v) is 2.20. The van der Waals surface area contributed by atoms with Gasteiger partial charge in [-0.2, -0.15) is 11.8 Å². The Hall–Kier alpha value is -0.470. The van der Waals surface area contributed by atoms with Crippen molar-refractivity contribution >= 4 is 11.8 Å². The molecule has 1 aliphatic rings. The molecule has 1 fully saturated rings. The molecule has 1 aromatic carbocycles. The zero-order valence-corrected chi connectivity index (χ0v) is 7.93. The van der Waals surface area contributed by atoms with Crippen LogP contribution in [0.15, 0.2) is 30.3 Å². The standard InChI is InChI=1S/C10H12OS/c1-12-8-10(7-11-10)9-5-3-2-4-6-9/h2-6H,7-8H2,1H3. The van der Waals surface area contributed by atoms with Gasteiger partial charge in [0.25, 0.3) is 0 Å². The molecule has 1 aliphatic heterocycles. The number of thioether (sulfide) groups is 1. The van der Waals surface area contributed by atoms with Crippen molar-refractivity contribution < 1.29 is 4.74 Å². The maximum Gasteiger partial charge on any atom is 0.125 e. The number of epoxide rings is 1. The highest BCUT2D eigenvalue weighted by atomic mass is 32.2. The van der Waals surface area contributed by atoms with Gasteiger partial charge in [0, 0.05) is 5.75 Å². The maximum atomic E-state index is 5.50. The van der Waals surface area contributed by atoms with E-state index in [1.807, 2.05) is 17.8 Å². The van der Waals surface area contributed by atoms with Gasteiger partial charge in [-0.05, 0) is 11.8 Å². The maximum absolute atomic E-state index is 5.50. The molecular weight excluding hydrogens is 168 g/mol. The molecule has 1 atom stereocenters. The number of hydrogen-bond acceptors (Lipinski definition) is 2. The Bertz CT molecular complexity index is 254. The summed E-state index contributed by atoms with van der Waals surface area (Å²) in [6.45, 7) is 0.887. The van der Waals surface area contributed by atoms with Crippen LogP contribution in [0.4, 0.5) is 0 Å². The van der Waals surface area contributed by atoms with E-state index in [0.29, 0.717) is 0 Å². The summed E-state index contributed by atoms with van der Waals surface area (Å²) in [5, 5.41) is 0. The predicted molar refractivity (Wildman–Crippen MR) is 52.5 cm³/mol. The Morgan fingerprint density at radius 3 is 2.58 bits per heavy atom. The quantitative estimate of drug-likeness (QED) is 0.662. The molecule has 0 saturated carbocycles. The summed E-state index contributed by atoms with van der Waals surface area (Å²) in [5.74, 6) is 1.07. The largest absolute Gasteiger partial charge is 0.364 e.